The van der Waals surface area contributed by atoms with E-state index in [1.54, 1.807) is 0 Å². The Bertz CT molecular complexity index is 4250. The van der Waals surface area contributed by atoms with E-state index in [0.29, 0.717) is 0 Å². The second-order valence-electron chi connectivity index (χ2n) is 27.5. The first-order valence-electron chi connectivity index (χ1n) is 28.3. The second-order valence-corrected chi connectivity index (χ2v) is 27.5. The fourth-order valence-corrected chi connectivity index (χ4v) is 13.6. The van der Waals surface area contributed by atoms with E-state index in [-0.39, 0.29) is 33.9 Å². The third-order valence-electron chi connectivity index (χ3n) is 18.0. The van der Waals surface area contributed by atoms with E-state index in [1.165, 1.54) is 99.9 Å². The van der Waals surface area contributed by atoms with Crippen LogP contribution in [0, 0.1) is 0 Å². The van der Waals surface area contributed by atoms with Gasteiger partial charge in [0.1, 0.15) is 11.2 Å². The average Bonchev–Trinajstić information content (AvgIpc) is 2.23. The lowest BCUT2D eigenvalue weighted by Crippen LogP contribution is -2.60. The largest absolute Gasteiger partial charge is 0.455 e. The Morgan fingerprint density at radius 3 is 1.65 bits per heavy atom. The maximum atomic E-state index is 7.37. The highest BCUT2D eigenvalue weighted by Gasteiger charge is 2.48. The lowest BCUT2D eigenvalue weighted by atomic mass is 9.43. The molecule has 386 valence electrons. The zero-order valence-electron chi connectivity index (χ0n) is 48.0. The molecule has 78 heavy (non-hydrogen) atoms. The van der Waals surface area contributed by atoms with Gasteiger partial charge in [-0.1, -0.05) is 188 Å². The fourth-order valence-electron chi connectivity index (χ4n) is 13.6. The molecule has 2 aliphatic heterocycles. The molecule has 4 nitrogen and oxygen atoms in total. The normalized spacial score (nSPS) is 14.6. The summed E-state index contributed by atoms with van der Waals surface area (Å²) in [6, 6.07) is 65.5. The van der Waals surface area contributed by atoms with Crippen LogP contribution in [0.2, 0.25) is 0 Å². The number of fused-ring (bicyclic) bond motifs is 16. The van der Waals surface area contributed by atoms with Gasteiger partial charge in [0.05, 0.1) is 16.4 Å². The van der Waals surface area contributed by atoms with Crippen molar-refractivity contribution < 1.29 is 4.42 Å². The Morgan fingerprint density at radius 2 is 1.03 bits per heavy atom. The molecule has 0 atom stereocenters. The summed E-state index contributed by atoms with van der Waals surface area (Å²) in [7, 11) is 0. The summed E-state index contributed by atoms with van der Waals surface area (Å²) in [5, 5.41) is 4.66. The molecule has 9 aromatic carbocycles. The summed E-state index contributed by atoms with van der Waals surface area (Å²) in [5.41, 5.74) is 26.7. The lowest BCUT2D eigenvalue weighted by Gasteiger charge is -2.43. The number of hydrogen-bond acceptors (Lipinski definition) is 3. The maximum Gasteiger partial charge on any atom is 0.333 e. The van der Waals surface area contributed by atoms with Gasteiger partial charge in [-0.25, -0.2) is 0 Å². The minimum absolute atomic E-state index is 0.00183. The molecule has 0 amide bonds. The molecular weight excluding hydrogens is 946 g/mol. The Balaban J connectivity index is 1.14. The van der Waals surface area contributed by atoms with E-state index in [4.69, 9.17) is 4.42 Å². The third kappa shape index (κ3) is 6.98. The summed E-state index contributed by atoms with van der Waals surface area (Å²) < 4.78 is 10.00. The number of aromatic nitrogens is 1. The highest BCUT2D eigenvalue weighted by atomic mass is 16.3. The summed E-state index contributed by atoms with van der Waals surface area (Å²) in [6.45, 7) is 32.4. The molecule has 0 bridgehead atoms. The van der Waals surface area contributed by atoms with Crippen molar-refractivity contribution in [1.29, 1.82) is 0 Å². The molecule has 1 aliphatic carbocycles. The zero-order chi connectivity index (χ0) is 54.3. The molecule has 0 N–H and O–H groups in total. The van der Waals surface area contributed by atoms with Crippen LogP contribution in [0.1, 0.15) is 130 Å². The highest BCUT2D eigenvalue weighted by Crippen LogP contribution is 2.57. The maximum absolute atomic E-state index is 7.37. The minimum Gasteiger partial charge on any atom is -0.455 e. The van der Waals surface area contributed by atoms with E-state index in [0.717, 1.165) is 44.5 Å². The Kier molecular flexibility index (Phi) is 10.1. The first kappa shape index (κ1) is 48.6. The van der Waals surface area contributed by atoms with Crippen molar-refractivity contribution >= 4 is 90.0 Å². The number of rotatable bonds is 4. The molecule has 0 saturated heterocycles. The van der Waals surface area contributed by atoms with Crippen molar-refractivity contribution in [2.24, 2.45) is 0 Å². The van der Waals surface area contributed by atoms with Crippen LogP contribution in [-0.4, -0.2) is 11.4 Å². The molecule has 0 fully saturated rings. The van der Waals surface area contributed by atoms with Gasteiger partial charge in [0.15, 0.2) is 0 Å². The number of nitrogens with zero attached hydrogens (tertiary/aromatic N) is 3. The van der Waals surface area contributed by atoms with E-state index in [1.807, 2.05) is 0 Å². The van der Waals surface area contributed by atoms with E-state index in [2.05, 4.69) is 281 Å². The molecule has 0 unspecified atom stereocenters. The molecule has 3 aliphatic rings. The standard InChI is InChI=1S/C73H70BN3O/c1-69(2,3)43-23-30-47(31-24-43)75(48-32-25-44(26-33-48)70(4,5)6)50-36-37-52-60(40-50)76-59-38-29-46(72(10,11)12)39-58(59)74-66-63(64-53-20-16-18-22-62(53)78-68(64)65(52)67(66)76)55-41-54-51-19-15-17-21-56(51)73(13,14)57(54)42-61(55)77(74)49-34-27-45(28-35-49)71(7,8)9/h15-42H,1-14H3. The minimum atomic E-state index is -0.199. The number of furan rings is 1. The Hall–Kier alpha value is -7.76. The van der Waals surface area contributed by atoms with Gasteiger partial charge in [-0.05, 0) is 162 Å². The van der Waals surface area contributed by atoms with Crippen LogP contribution in [0.25, 0.3) is 71.7 Å². The molecule has 2 aromatic heterocycles. The SMILES string of the molecule is CC(C)(C)c1ccc(N2B3c4cc(C(C)(C)C)ccc4-n4c5cc(N(c6ccc(C(C)(C)C)cc6)c6ccc(C(C)(C)C)cc6)ccc5c5c6oc7ccccc7c6c(c3c54)-c3cc4c(cc32)C(C)(C)c2ccccc2-4)cc1. The van der Waals surface area contributed by atoms with Gasteiger partial charge in [-0.3, -0.25) is 0 Å². The first-order valence-corrected chi connectivity index (χ1v) is 28.3. The third-order valence-corrected chi connectivity index (χ3v) is 18.0. The summed E-state index contributed by atoms with van der Waals surface area (Å²) in [4.78, 5) is 5.17. The van der Waals surface area contributed by atoms with Gasteiger partial charge in [0.2, 0.25) is 0 Å². The van der Waals surface area contributed by atoms with Crippen molar-refractivity contribution in [3.05, 3.63) is 203 Å². The second kappa shape index (κ2) is 16.2. The van der Waals surface area contributed by atoms with Crippen molar-refractivity contribution in [3.8, 4) is 27.9 Å². The number of benzene rings is 9. The Labute approximate surface area is 461 Å². The van der Waals surface area contributed by atoms with Crippen LogP contribution in [0.5, 0.6) is 0 Å². The van der Waals surface area contributed by atoms with Crippen LogP contribution >= 0.6 is 0 Å². The molecule has 5 heteroatoms. The topological polar surface area (TPSA) is 24.6 Å². The van der Waals surface area contributed by atoms with E-state index in [9.17, 15) is 0 Å². The summed E-state index contributed by atoms with van der Waals surface area (Å²) in [6.07, 6.45) is 0. The average molecular weight is 1020 g/mol. The van der Waals surface area contributed by atoms with Crippen LogP contribution < -0.4 is 20.6 Å². The van der Waals surface area contributed by atoms with Crippen LogP contribution in [-0.2, 0) is 27.1 Å². The van der Waals surface area contributed by atoms with Gasteiger partial charge in [0, 0.05) is 61.3 Å². The van der Waals surface area contributed by atoms with Gasteiger partial charge in [0.25, 0.3) is 0 Å². The molecule has 0 spiro atoms. The quantitative estimate of drug-likeness (QED) is 0.164. The summed E-state index contributed by atoms with van der Waals surface area (Å²) in [5.74, 6) is 0. The first-order chi connectivity index (χ1) is 37.0. The van der Waals surface area contributed by atoms with Crippen LogP contribution in [0.3, 0.4) is 0 Å². The smallest absolute Gasteiger partial charge is 0.333 e. The molecule has 14 rings (SSSR count). The fraction of sp³-hybridized carbons (Fsp3) is 0.260. The van der Waals surface area contributed by atoms with Gasteiger partial charge in [-0.15, -0.1) is 0 Å². The molecule has 11 aromatic rings. The summed E-state index contributed by atoms with van der Waals surface area (Å²) >= 11 is 0. The zero-order valence-corrected chi connectivity index (χ0v) is 48.0. The predicted octanol–water partition coefficient (Wildman–Crippen LogP) is 18.9. The van der Waals surface area contributed by atoms with Crippen molar-refractivity contribution in [2.45, 2.75) is 124 Å². The Morgan fingerprint density at radius 1 is 0.462 bits per heavy atom. The van der Waals surface area contributed by atoms with Crippen molar-refractivity contribution in [3.63, 3.8) is 0 Å². The van der Waals surface area contributed by atoms with Gasteiger partial charge >= 0.3 is 6.85 Å². The van der Waals surface area contributed by atoms with E-state index >= 15 is 0 Å². The van der Waals surface area contributed by atoms with Crippen LogP contribution in [0.4, 0.5) is 28.4 Å². The number of para-hydroxylation sites is 1. The van der Waals surface area contributed by atoms with E-state index < -0.39 is 0 Å². The monoisotopic (exact) mass is 1020 g/mol. The van der Waals surface area contributed by atoms with Gasteiger partial charge in [-0.2, -0.15) is 0 Å². The predicted molar refractivity (Wildman–Crippen MR) is 334 cm³/mol. The van der Waals surface area contributed by atoms with Crippen molar-refractivity contribution in [2.75, 3.05) is 9.71 Å². The molecular formula is C73H70BN3O. The molecule has 4 heterocycles. The molecule has 0 saturated carbocycles. The highest BCUT2D eigenvalue weighted by molar-refractivity contribution is 6.94. The lowest BCUT2D eigenvalue weighted by molar-refractivity contribution is 0.590. The number of hydrogen-bond donors (Lipinski definition) is 0. The van der Waals surface area contributed by atoms with Gasteiger partial charge < -0.3 is 18.7 Å². The van der Waals surface area contributed by atoms with Crippen molar-refractivity contribution in [1.82, 2.24) is 4.57 Å². The van der Waals surface area contributed by atoms with Crippen LogP contribution in [0.15, 0.2) is 174 Å². The number of anilines is 5. The molecule has 0 radical (unpaired) electrons.